The van der Waals surface area contributed by atoms with Gasteiger partial charge in [-0.3, -0.25) is 9.59 Å². The highest BCUT2D eigenvalue weighted by molar-refractivity contribution is 5.87. The summed E-state index contributed by atoms with van der Waals surface area (Å²) < 4.78 is 0. The number of rotatable bonds is 13. The molecule has 0 radical (unpaired) electrons. The Hall–Kier alpha value is -3.73. The van der Waals surface area contributed by atoms with Gasteiger partial charge in [-0.2, -0.15) is 0 Å². The molecule has 3 atom stereocenters. The predicted molar refractivity (Wildman–Crippen MR) is 199 cm³/mol. The maximum Gasteiger partial charge on any atom is 0.248 e. The van der Waals surface area contributed by atoms with Crippen LogP contribution in [0.25, 0.3) is 10.9 Å². The van der Waals surface area contributed by atoms with Crippen molar-refractivity contribution >= 4 is 28.8 Å². The van der Waals surface area contributed by atoms with Crippen molar-refractivity contribution in [3.8, 4) is 5.75 Å². The summed E-state index contributed by atoms with van der Waals surface area (Å²) in [6.45, 7) is 13.2. The first kappa shape index (κ1) is 39.7. The zero-order valence-electron chi connectivity index (χ0n) is 30.4. The summed E-state index contributed by atoms with van der Waals surface area (Å²) in [5.41, 5.74) is 3.16. The third-order valence-electron chi connectivity index (χ3n) is 10.4. The molecule has 0 spiro atoms. The smallest absolute Gasteiger partial charge is 0.248 e. The fraction of sp³-hybridized carbons (Fsp3) is 0.564. The predicted octanol–water partition coefficient (Wildman–Crippen LogP) is 5.60. The van der Waals surface area contributed by atoms with Crippen LogP contribution in [0.15, 0.2) is 53.3 Å². The second-order valence-electron chi connectivity index (χ2n) is 14.4. The number of phenols is 1. The lowest BCUT2D eigenvalue weighted by atomic mass is 9.78. The van der Waals surface area contributed by atoms with E-state index >= 15 is 0 Å². The molecule has 270 valence electrons. The SMILES string of the molecule is CC(C)C(C)(C)CCC=O.CNC(=O)CCN1CC2CCCC2C1.CNc1cccc(CNCC(O)c2ccc(O)c3[nH]c(=O)ccc23)c1. The van der Waals surface area contributed by atoms with Gasteiger partial charge in [0.2, 0.25) is 11.5 Å². The number of H-pyrrole nitrogens is 1. The topological polar surface area (TPSA) is 147 Å². The summed E-state index contributed by atoms with van der Waals surface area (Å²) >= 11 is 0. The number of aliphatic hydroxyl groups is 1. The first-order chi connectivity index (χ1) is 23.4. The van der Waals surface area contributed by atoms with Gasteiger partial charge in [-0.15, -0.1) is 0 Å². The lowest BCUT2D eigenvalue weighted by molar-refractivity contribution is -0.120. The fourth-order valence-electron chi connectivity index (χ4n) is 6.47. The molecule has 1 saturated heterocycles. The number of amides is 1. The highest BCUT2D eigenvalue weighted by Gasteiger charge is 2.35. The number of aromatic hydroxyl groups is 1. The van der Waals surface area contributed by atoms with Crippen LogP contribution in [0, 0.1) is 23.2 Å². The monoisotopic (exact) mass is 677 g/mol. The van der Waals surface area contributed by atoms with Crippen molar-refractivity contribution in [2.24, 2.45) is 23.2 Å². The minimum Gasteiger partial charge on any atom is -0.506 e. The number of aliphatic hydroxyl groups excluding tert-OH is 1. The number of anilines is 1. The minimum atomic E-state index is -0.763. The zero-order valence-corrected chi connectivity index (χ0v) is 30.4. The number of phenolic OH excluding ortho intramolecular Hbond substituents is 1. The molecular formula is C39H59N5O5. The molecule has 1 aromatic heterocycles. The first-order valence-corrected chi connectivity index (χ1v) is 17.7. The van der Waals surface area contributed by atoms with Gasteiger partial charge in [-0.25, -0.2) is 0 Å². The van der Waals surface area contributed by atoms with Crippen LogP contribution in [0.3, 0.4) is 0 Å². The van der Waals surface area contributed by atoms with Crippen LogP contribution in [0.5, 0.6) is 5.75 Å². The Morgan fingerprint density at radius 2 is 1.80 bits per heavy atom. The van der Waals surface area contributed by atoms with E-state index in [4.69, 9.17) is 0 Å². The number of nitrogens with one attached hydrogen (secondary N) is 4. The van der Waals surface area contributed by atoms with Gasteiger partial charge in [0.1, 0.15) is 12.0 Å². The van der Waals surface area contributed by atoms with Gasteiger partial charge < -0.3 is 40.8 Å². The fourth-order valence-corrected chi connectivity index (χ4v) is 6.47. The number of fused-ring (bicyclic) bond motifs is 2. The van der Waals surface area contributed by atoms with Crippen molar-refractivity contribution in [1.82, 2.24) is 20.5 Å². The maximum atomic E-state index is 11.5. The largest absolute Gasteiger partial charge is 0.506 e. The third kappa shape index (κ3) is 12.3. The Morgan fingerprint density at radius 1 is 1.08 bits per heavy atom. The molecule has 1 aliphatic heterocycles. The van der Waals surface area contributed by atoms with Gasteiger partial charge in [-0.05, 0) is 77.8 Å². The average molecular weight is 678 g/mol. The van der Waals surface area contributed by atoms with E-state index in [1.807, 2.05) is 31.3 Å². The van der Waals surface area contributed by atoms with E-state index in [1.54, 1.807) is 19.2 Å². The van der Waals surface area contributed by atoms with Gasteiger partial charge in [-0.1, -0.05) is 52.3 Å². The van der Waals surface area contributed by atoms with Crippen molar-refractivity contribution in [1.29, 1.82) is 0 Å². The van der Waals surface area contributed by atoms with Crippen molar-refractivity contribution in [3.05, 3.63) is 70.0 Å². The molecule has 5 rings (SSSR count). The number of nitrogens with zero attached hydrogens (tertiary/aromatic N) is 1. The molecule has 1 amide bonds. The number of pyridine rings is 1. The molecule has 3 aromatic rings. The normalized spacial score (nSPS) is 17.8. The van der Waals surface area contributed by atoms with Crippen LogP contribution in [-0.4, -0.2) is 72.6 Å². The van der Waals surface area contributed by atoms with Gasteiger partial charge in [0, 0.05) is 76.8 Å². The van der Waals surface area contributed by atoms with Gasteiger partial charge in [0.25, 0.3) is 0 Å². The van der Waals surface area contributed by atoms with Crippen molar-refractivity contribution < 1.29 is 19.8 Å². The molecule has 6 N–H and O–H groups in total. The number of aromatic amines is 1. The number of carbonyl (C=O) groups is 2. The number of aldehydes is 1. The number of benzene rings is 2. The molecule has 2 aromatic carbocycles. The van der Waals surface area contributed by atoms with Gasteiger partial charge in [0.05, 0.1) is 11.6 Å². The number of carbonyl (C=O) groups excluding carboxylic acids is 2. The molecule has 2 aliphatic rings. The van der Waals surface area contributed by atoms with Crippen molar-refractivity contribution in [3.63, 3.8) is 0 Å². The summed E-state index contributed by atoms with van der Waals surface area (Å²) in [7, 11) is 3.58. The lowest BCUT2D eigenvalue weighted by Gasteiger charge is -2.28. The Labute approximate surface area is 292 Å². The molecule has 3 unspecified atom stereocenters. The molecule has 2 fully saturated rings. The highest BCUT2D eigenvalue weighted by atomic mass is 16.3. The standard InChI is InChI=1S/C19H21N3O3.C11H20N2O.C9H18O/c1-20-13-4-2-3-12(9-13)10-21-11-17(24)14-5-7-16(23)19-15(14)6-8-18(25)22-19;1-12-11(14)5-6-13-7-9-3-2-4-10(9)8-13;1-8(2)9(3,4)6-5-7-10/h2-9,17,20-21,23-24H,10-11H2,1H3,(H,22,25);9-10H,2-8H2,1H3,(H,12,14);7-8H,5-6H2,1-4H3. The average Bonchev–Trinajstić information content (AvgIpc) is 3.70. The maximum absolute atomic E-state index is 11.5. The number of hydrogen-bond donors (Lipinski definition) is 6. The Kier molecular flexibility index (Phi) is 15.8. The van der Waals surface area contributed by atoms with E-state index in [9.17, 15) is 24.6 Å². The Balaban J connectivity index is 0.000000228. The second-order valence-corrected chi connectivity index (χ2v) is 14.4. The zero-order chi connectivity index (χ0) is 36.0. The number of hydrogen-bond acceptors (Lipinski definition) is 8. The molecule has 10 nitrogen and oxygen atoms in total. The van der Waals surface area contributed by atoms with E-state index in [1.165, 1.54) is 44.5 Å². The van der Waals surface area contributed by atoms with Gasteiger partial charge >= 0.3 is 0 Å². The van der Waals surface area contributed by atoms with E-state index in [-0.39, 0.29) is 17.2 Å². The lowest BCUT2D eigenvalue weighted by Crippen LogP contribution is -2.28. The summed E-state index contributed by atoms with van der Waals surface area (Å²) in [5, 5.41) is 30.0. The summed E-state index contributed by atoms with van der Waals surface area (Å²) in [5.74, 6) is 2.70. The van der Waals surface area contributed by atoms with Crippen LogP contribution in [0.2, 0.25) is 0 Å². The van der Waals surface area contributed by atoms with Crippen LogP contribution in [0.4, 0.5) is 5.69 Å². The van der Waals surface area contributed by atoms with Crippen LogP contribution in [-0.2, 0) is 16.1 Å². The molecular weight excluding hydrogens is 618 g/mol. The van der Waals surface area contributed by atoms with E-state index in [2.05, 4.69) is 53.5 Å². The third-order valence-corrected chi connectivity index (χ3v) is 10.4. The Bertz CT molecular complexity index is 1530. The van der Waals surface area contributed by atoms with E-state index in [0.717, 1.165) is 42.3 Å². The summed E-state index contributed by atoms with van der Waals surface area (Å²) in [6, 6.07) is 14.2. The van der Waals surface area contributed by atoms with Crippen molar-refractivity contribution in [2.45, 2.75) is 78.9 Å². The molecule has 1 aliphatic carbocycles. The number of likely N-dealkylation sites (tertiary alicyclic amines) is 1. The molecule has 2 heterocycles. The molecule has 49 heavy (non-hydrogen) atoms. The van der Waals surface area contributed by atoms with Crippen LogP contribution >= 0.6 is 0 Å². The van der Waals surface area contributed by atoms with Gasteiger partial charge in [0.15, 0.2) is 0 Å². The quantitative estimate of drug-likeness (QED) is 0.128. The second kappa shape index (κ2) is 19.5. The van der Waals surface area contributed by atoms with E-state index < -0.39 is 6.10 Å². The van der Waals surface area contributed by atoms with Crippen LogP contribution in [0.1, 0.15) is 83.5 Å². The van der Waals surface area contributed by atoms with Crippen LogP contribution < -0.4 is 21.5 Å². The molecule has 1 saturated carbocycles. The summed E-state index contributed by atoms with van der Waals surface area (Å²) in [4.78, 5) is 37.7. The highest BCUT2D eigenvalue weighted by Crippen LogP contribution is 2.37. The summed E-state index contributed by atoms with van der Waals surface area (Å²) in [6.07, 6.45) is 6.88. The molecule has 10 heteroatoms. The molecule has 0 bridgehead atoms. The Morgan fingerprint density at radius 3 is 2.43 bits per heavy atom. The van der Waals surface area contributed by atoms with E-state index in [0.29, 0.717) is 53.7 Å². The van der Waals surface area contributed by atoms with Crippen molar-refractivity contribution in [2.75, 3.05) is 45.6 Å². The number of aromatic nitrogens is 1. The first-order valence-electron chi connectivity index (χ1n) is 17.7. The minimum absolute atomic E-state index is 0.0134.